The summed E-state index contributed by atoms with van der Waals surface area (Å²) in [4.78, 5) is 16.8. The van der Waals surface area contributed by atoms with Crippen molar-refractivity contribution in [1.82, 2.24) is 0 Å². The van der Waals surface area contributed by atoms with Gasteiger partial charge in [0.25, 0.3) is 5.79 Å². The molecule has 102 valence electrons. The highest BCUT2D eigenvalue weighted by Gasteiger charge is 2.74. The summed E-state index contributed by atoms with van der Waals surface area (Å²) < 4.78 is 41.1. The zero-order valence-electron chi connectivity index (χ0n) is 8.14. The summed E-state index contributed by atoms with van der Waals surface area (Å²) in [5.74, 6) is -3.97. The molecule has 0 aliphatic carbocycles. The third kappa shape index (κ3) is 2.00. The number of hydrogen-bond donors (Lipinski definition) is 6. The van der Waals surface area contributed by atoms with Gasteiger partial charge in [-0.05, 0) is 0 Å². The Morgan fingerprint density at radius 2 is 1.82 bits per heavy atom. The first kappa shape index (κ1) is 14.9. The van der Waals surface area contributed by atoms with Crippen molar-refractivity contribution < 1.29 is 48.3 Å². The molecule has 17 heavy (non-hydrogen) atoms. The first-order valence-electron chi connectivity index (χ1n) is 4.29. The predicted octanol–water partition coefficient (Wildman–Crippen LogP) is -2.44. The first-order valence-corrected chi connectivity index (χ1v) is 5.91. The Labute approximate surface area is 93.2 Å². The van der Waals surface area contributed by atoms with Gasteiger partial charge < -0.3 is 34.9 Å². The number of ether oxygens (including phenoxy) is 1. The highest BCUT2D eigenvalue weighted by atomic mass is 31.2. The van der Waals surface area contributed by atoms with Crippen LogP contribution in [0.1, 0.15) is 0 Å². The fourth-order valence-electron chi connectivity index (χ4n) is 1.41. The Balaban J connectivity index is 3.17. The molecule has 8 nitrogen and oxygen atoms in total. The summed E-state index contributed by atoms with van der Waals surface area (Å²) in [5, 5.41) is 36.2. The summed E-state index contributed by atoms with van der Waals surface area (Å²) in [5.41, 5.74) is -5.13. The van der Waals surface area contributed by atoms with E-state index < -0.39 is 44.0 Å². The Morgan fingerprint density at radius 3 is 2.12 bits per heavy atom. The molecule has 1 aliphatic rings. The van der Waals surface area contributed by atoms with Gasteiger partial charge in [-0.3, -0.25) is 4.57 Å². The van der Waals surface area contributed by atoms with E-state index in [4.69, 9.17) is 25.1 Å². The van der Waals surface area contributed by atoms with Crippen LogP contribution >= 0.6 is 7.60 Å². The van der Waals surface area contributed by atoms with E-state index in [0.29, 0.717) is 0 Å². The summed E-state index contributed by atoms with van der Waals surface area (Å²) in [7, 11) is -6.15. The number of rotatable bonds is 3. The molecule has 0 saturated carbocycles. The van der Waals surface area contributed by atoms with Crippen molar-refractivity contribution in [2.75, 3.05) is 6.61 Å². The van der Waals surface area contributed by atoms with Crippen molar-refractivity contribution in [2.45, 2.75) is 29.8 Å². The minimum Gasteiger partial charge on any atom is -0.394 e. The van der Waals surface area contributed by atoms with Crippen LogP contribution in [0.2, 0.25) is 0 Å². The molecule has 6 N–H and O–H groups in total. The maximum Gasteiger partial charge on any atom is 0.400 e. The van der Waals surface area contributed by atoms with Gasteiger partial charge >= 0.3 is 13.3 Å². The van der Waals surface area contributed by atoms with E-state index in [9.17, 15) is 18.5 Å². The molecule has 0 amide bonds. The maximum atomic E-state index is 13.3. The van der Waals surface area contributed by atoms with Gasteiger partial charge in [-0.25, -0.2) is 0 Å². The molecule has 0 radical (unpaired) electrons. The van der Waals surface area contributed by atoms with Gasteiger partial charge in [0.05, 0.1) is 6.61 Å². The maximum absolute atomic E-state index is 13.3. The summed E-state index contributed by atoms with van der Waals surface area (Å²) in [6.45, 7) is -1.03. The van der Waals surface area contributed by atoms with Crippen LogP contribution in [0.15, 0.2) is 0 Å². The largest absolute Gasteiger partial charge is 0.400 e. The molecular formula is C6H11F2O8P. The molecule has 0 unspecified atom stereocenters. The predicted molar refractivity (Wildman–Crippen MR) is 45.9 cm³/mol. The second kappa shape index (κ2) is 4.18. The van der Waals surface area contributed by atoms with Crippen LogP contribution in [0.25, 0.3) is 0 Å². The van der Waals surface area contributed by atoms with E-state index in [0.717, 1.165) is 0 Å². The quantitative estimate of drug-likeness (QED) is 0.312. The highest BCUT2D eigenvalue weighted by molar-refractivity contribution is 7.53. The average Bonchev–Trinajstić information content (AvgIpc) is 2.42. The van der Waals surface area contributed by atoms with E-state index in [1.165, 1.54) is 0 Å². The zero-order chi connectivity index (χ0) is 13.6. The molecule has 4 atom stereocenters. The summed E-state index contributed by atoms with van der Waals surface area (Å²) in [6.07, 6.45) is -6.57. The molecule has 0 aromatic carbocycles. The van der Waals surface area contributed by atoms with E-state index >= 15 is 0 Å². The van der Waals surface area contributed by atoms with Gasteiger partial charge in [0.1, 0.15) is 18.3 Å². The minimum absolute atomic E-state index is 1.03. The fourth-order valence-corrected chi connectivity index (χ4v) is 2.01. The second-order valence-electron chi connectivity index (χ2n) is 3.56. The molecule has 0 aromatic rings. The number of alkyl halides is 2. The van der Waals surface area contributed by atoms with Gasteiger partial charge in [0.15, 0.2) is 0 Å². The summed E-state index contributed by atoms with van der Waals surface area (Å²) >= 11 is 0. The van der Waals surface area contributed by atoms with E-state index in [1.807, 2.05) is 0 Å². The van der Waals surface area contributed by atoms with Crippen molar-refractivity contribution in [3.05, 3.63) is 0 Å². The van der Waals surface area contributed by atoms with E-state index in [-0.39, 0.29) is 0 Å². The monoisotopic (exact) mass is 280 g/mol. The first-order chi connectivity index (χ1) is 7.49. The number of halogens is 2. The molecule has 1 rings (SSSR count). The fraction of sp³-hybridized carbons (Fsp3) is 1.00. The third-order valence-corrected chi connectivity index (χ3v) is 3.47. The van der Waals surface area contributed by atoms with Gasteiger partial charge in [0.2, 0.25) is 0 Å². The van der Waals surface area contributed by atoms with Crippen LogP contribution in [0, 0.1) is 0 Å². The van der Waals surface area contributed by atoms with Gasteiger partial charge in [-0.1, -0.05) is 0 Å². The molecule has 1 heterocycles. The Kier molecular flexibility index (Phi) is 3.65. The minimum atomic E-state index is -6.15. The molecule has 1 aliphatic heterocycles. The lowest BCUT2D eigenvalue weighted by molar-refractivity contribution is -0.309. The molecule has 1 fully saturated rings. The Bertz CT molecular complexity index is 345. The number of hydrogen-bond acceptors (Lipinski definition) is 6. The van der Waals surface area contributed by atoms with Crippen LogP contribution in [0.3, 0.4) is 0 Å². The van der Waals surface area contributed by atoms with Crippen molar-refractivity contribution in [3.63, 3.8) is 0 Å². The van der Waals surface area contributed by atoms with Crippen molar-refractivity contribution in [2.24, 2.45) is 0 Å². The smallest absolute Gasteiger partial charge is 0.394 e. The molecular weight excluding hydrogens is 269 g/mol. The van der Waals surface area contributed by atoms with Crippen molar-refractivity contribution >= 4 is 7.60 Å². The topological polar surface area (TPSA) is 148 Å². The van der Waals surface area contributed by atoms with Crippen LogP contribution < -0.4 is 0 Å². The van der Waals surface area contributed by atoms with Crippen molar-refractivity contribution in [1.29, 1.82) is 0 Å². The van der Waals surface area contributed by atoms with Gasteiger partial charge in [-0.15, -0.1) is 0 Å². The van der Waals surface area contributed by atoms with Crippen LogP contribution in [-0.4, -0.2) is 66.6 Å². The Morgan fingerprint density at radius 1 is 1.35 bits per heavy atom. The second-order valence-corrected chi connectivity index (χ2v) is 5.21. The van der Waals surface area contributed by atoms with Gasteiger partial charge in [-0.2, -0.15) is 8.78 Å². The normalized spacial score (nSPS) is 39.6. The SMILES string of the molecule is O=P(O)(O)C(F)(F)[C@]1(O)O[C@H](CO)[C@@H](O)[C@@H]1O. The number of aliphatic hydroxyl groups excluding tert-OH is 3. The molecule has 1 saturated heterocycles. The van der Waals surface area contributed by atoms with E-state index in [1.54, 1.807) is 0 Å². The highest BCUT2D eigenvalue weighted by Crippen LogP contribution is 2.61. The molecule has 11 heteroatoms. The summed E-state index contributed by atoms with van der Waals surface area (Å²) in [6, 6.07) is 0. The Hall–Kier alpha value is -0.190. The zero-order valence-corrected chi connectivity index (χ0v) is 9.04. The van der Waals surface area contributed by atoms with Crippen molar-refractivity contribution in [3.8, 4) is 0 Å². The van der Waals surface area contributed by atoms with Gasteiger partial charge in [0, 0.05) is 0 Å². The molecule has 0 spiro atoms. The average molecular weight is 280 g/mol. The molecule has 0 aromatic heterocycles. The van der Waals surface area contributed by atoms with Crippen LogP contribution in [0.4, 0.5) is 8.78 Å². The number of aliphatic hydroxyl groups is 4. The van der Waals surface area contributed by atoms with Crippen LogP contribution in [-0.2, 0) is 9.30 Å². The van der Waals surface area contributed by atoms with Crippen LogP contribution in [0.5, 0.6) is 0 Å². The standard InChI is InChI=1S/C6H11F2O8P/c7-6(8,17(13,14)15)5(12)4(11)3(10)2(1-9)16-5/h2-4,9-12H,1H2,(H2,13,14,15)/t2-,3-,4+,5-/m1/s1. The molecule has 0 bridgehead atoms. The lowest BCUT2D eigenvalue weighted by Crippen LogP contribution is -2.56. The lowest BCUT2D eigenvalue weighted by Gasteiger charge is -2.33. The lowest BCUT2D eigenvalue weighted by atomic mass is 10.1. The van der Waals surface area contributed by atoms with E-state index in [2.05, 4.69) is 4.74 Å². The third-order valence-electron chi connectivity index (χ3n) is 2.41.